The minimum atomic E-state index is -0.673. The molecule has 0 unspecified atom stereocenters. The first kappa shape index (κ1) is 14.5. The van der Waals surface area contributed by atoms with Crippen LogP contribution in [0.25, 0.3) is 0 Å². The number of rotatable bonds is 1. The van der Waals surface area contributed by atoms with E-state index in [-0.39, 0.29) is 11.9 Å². The van der Waals surface area contributed by atoms with Crippen LogP contribution in [-0.2, 0) is 10.3 Å². The molecule has 0 bridgehead atoms. The number of piperidine rings is 1. The Morgan fingerprint density at radius 1 is 1.35 bits per heavy atom. The molecule has 1 aromatic heterocycles. The fraction of sp³-hybridized carbons (Fsp3) is 0.333. The van der Waals surface area contributed by atoms with E-state index in [4.69, 9.17) is 4.74 Å². The summed E-state index contributed by atoms with van der Waals surface area (Å²) in [6, 6.07) is 9.44. The predicted octanol–water partition coefficient (Wildman–Crippen LogP) is 3.36. The van der Waals surface area contributed by atoms with Gasteiger partial charge in [-0.1, -0.05) is 18.2 Å². The minimum absolute atomic E-state index is 0.0302. The fourth-order valence-corrected chi connectivity index (χ4v) is 4.41. The van der Waals surface area contributed by atoms with Gasteiger partial charge in [-0.15, -0.1) is 11.3 Å². The maximum atomic E-state index is 12.7. The molecule has 5 heteroatoms. The summed E-state index contributed by atoms with van der Waals surface area (Å²) in [5.41, 5.74) is 1.98. The van der Waals surface area contributed by atoms with Gasteiger partial charge >= 0.3 is 5.97 Å². The molecule has 118 valence electrons. The first-order valence-electron chi connectivity index (χ1n) is 7.76. The van der Waals surface area contributed by atoms with Crippen LogP contribution in [0.3, 0.4) is 0 Å². The number of hydrogen-bond donors (Lipinski definition) is 0. The van der Waals surface area contributed by atoms with Crippen LogP contribution in [0.15, 0.2) is 35.7 Å². The van der Waals surface area contributed by atoms with Crippen LogP contribution >= 0.6 is 11.3 Å². The van der Waals surface area contributed by atoms with Crippen LogP contribution in [0.5, 0.6) is 0 Å². The lowest BCUT2D eigenvalue weighted by Gasteiger charge is -2.39. The topological polar surface area (TPSA) is 46.6 Å². The van der Waals surface area contributed by atoms with Crippen molar-refractivity contribution in [3.8, 4) is 0 Å². The number of benzene rings is 1. The summed E-state index contributed by atoms with van der Waals surface area (Å²) in [5.74, 6) is -0.246. The molecule has 3 heterocycles. The normalized spacial score (nSPS) is 23.0. The number of carbonyl (C=O) groups is 2. The molecule has 4 rings (SSSR count). The molecule has 1 aromatic carbocycles. The second-order valence-corrected chi connectivity index (χ2v) is 7.16. The van der Waals surface area contributed by atoms with Gasteiger partial charge in [-0.2, -0.15) is 0 Å². The summed E-state index contributed by atoms with van der Waals surface area (Å²) < 4.78 is 5.75. The number of esters is 1. The summed E-state index contributed by atoms with van der Waals surface area (Å²) in [4.78, 5) is 27.5. The molecule has 0 radical (unpaired) electrons. The van der Waals surface area contributed by atoms with Gasteiger partial charge in [0.15, 0.2) is 5.60 Å². The predicted molar refractivity (Wildman–Crippen MR) is 87.7 cm³/mol. The van der Waals surface area contributed by atoms with Crippen molar-refractivity contribution in [2.75, 3.05) is 13.1 Å². The second kappa shape index (κ2) is 5.20. The second-order valence-electron chi connectivity index (χ2n) is 6.25. The van der Waals surface area contributed by atoms with Gasteiger partial charge in [0.05, 0.1) is 17.0 Å². The van der Waals surface area contributed by atoms with Crippen molar-refractivity contribution in [2.45, 2.75) is 25.4 Å². The van der Waals surface area contributed by atoms with Crippen LogP contribution in [-0.4, -0.2) is 29.9 Å². The van der Waals surface area contributed by atoms with E-state index in [2.05, 4.69) is 0 Å². The number of likely N-dealkylation sites (tertiary alicyclic amines) is 1. The summed E-state index contributed by atoms with van der Waals surface area (Å²) in [7, 11) is 0. The average molecular weight is 327 g/mol. The number of carbonyl (C=O) groups excluding carboxylic acids is 2. The highest BCUT2D eigenvalue weighted by atomic mass is 32.1. The lowest BCUT2D eigenvalue weighted by atomic mass is 9.85. The molecular weight excluding hydrogens is 310 g/mol. The van der Waals surface area contributed by atoms with Crippen molar-refractivity contribution in [2.24, 2.45) is 0 Å². The molecule has 0 saturated carbocycles. The Morgan fingerprint density at radius 3 is 2.96 bits per heavy atom. The lowest BCUT2D eigenvalue weighted by Crippen LogP contribution is -2.48. The first-order valence-corrected chi connectivity index (χ1v) is 8.64. The number of nitrogens with zero attached hydrogens (tertiary/aromatic N) is 1. The summed E-state index contributed by atoms with van der Waals surface area (Å²) >= 11 is 1.47. The zero-order valence-corrected chi connectivity index (χ0v) is 13.7. The van der Waals surface area contributed by atoms with E-state index in [1.54, 1.807) is 6.07 Å². The minimum Gasteiger partial charge on any atom is -0.449 e. The molecule has 1 fully saturated rings. The van der Waals surface area contributed by atoms with Gasteiger partial charge in [0.25, 0.3) is 5.91 Å². The Morgan fingerprint density at radius 2 is 2.17 bits per heavy atom. The third kappa shape index (κ3) is 2.27. The molecular formula is C18H17NO3S. The number of aryl methyl sites for hydroxylation is 1. The van der Waals surface area contributed by atoms with E-state index < -0.39 is 5.60 Å². The van der Waals surface area contributed by atoms with Crippen LogP contribution in [0.2, 0.25) is 0 Å². The van der Waals surface area contributed by atoms with Gasteiger partial charge in [0, 0.05) is 12.1 Å². The van der Waals surface area contributed by atoms with Gasteiger partial charge in [0.1, 0.15) is 0 Å². The Hall–Kier alpha value is -2.14. The van der Waals surface area contributed by atoms with Crippen LogP contribution in [0.1, 0.15) is 44.0 Å². The number of fused-ring (bicyclic) bond motifs is 2. The summed E-state index contributed by atoms with van der Waals surface area (Å²) in [5, 5.41) is 1.98. The van der Waals surface area contributed by atoms with Gasteiger partial charge in [-0.25, -0.2) is 4.79 Å². The lowest BCUT2D eigenvalue weighted by molar-refractivity contribution is -0.0441. The van der Waals surface area contributed by atoms with Gasteiger partial charge in [-0.05, 0) is 42.8 Å². The Balaban J connectivity index is 1.66. The molecule has 23 heavy (non-hydrogen) atoms. The van der Waals surface area contributed by atoms with E-state index in [1.807, 2.05) is 41.5 Å². The number of amides is 1. The smallest absolute Gasteiger partial charge is 0.339 e. The average Bonchev–Trinajstić information content (AvgIpc) is 3.10. The molecule has 2 aliphatic heterocycles. The number of hydrogen-bond acceptors (Lipinski definition) is 4. The molecule has 1 amide bonds. The van der Waals surface area contributed by atoms with Crippen LogP contribution in [0.4, 0.5) is 0 Å². The molecule has 0 N–H and O–H groups in total. The SMILES string of the molecule is Cc1csc(C(=O)N2CCC[C@]3(C2)OC(=O)c2ccccc23)c1. The third-order valence-electron chi connectivity index (χ3n) is 4.61. The van der Waals surface area contributed by atoms with E-state index >= 15 is 0 Å². The van der Waals surface area contributed by atoms with Crippen molar-refractivity contribution < 1.29 is 14.3 Å². The van der Waals surface area contributed by atoms with E-state index in [0.29, 0.717) is 18.7 Å². The Kier molecular flexibility index (Phi) is 3.27. The largest absolute Gasteiger partial charge is 0.449 e. The number of ether oxygens (including phenoxy) is 1. The fourth-order valence-electron chi connectivity index (χ4n) is 3.54. The van der Waals surface area contributed by atoms with Crippen molar-refractivity contribution in [1.82, 2.24) is 4.90 Å². The summed E-state index contributed by atoms with van der Waals surface area (Å²) in [6.07, 6.45) is 1.60. The highest BCUT2D eigenvalue weighted by Gasteiger charge is 2.48. The molecule has 1 atom stereocenters. The molecule has 1 spiro atoms. The van der Waals surface area contributed by atoms with E-state index in [9.17, 15) is 9.59 Å². The molecule has 2 aromatic rings. The first-order chi connectivity index (χ1) is 11.1. The van der Waals surface area contributed by atoms with Crippen LogP contribution in [0, 0.1) is 6.92 Å². The monoisotopic (exact) mass is 327 g/mol. The van der Waals surface area contributed by atoms with Crippen LogP contribution < -0.4 is 0 Å². The summed E-state index contributed by atoms with van der Waals surface area (Å²) in [6.45, 7) is 3.13. The molecule has 0 aliphatic carbocycles. The van der Waals surface area contributed by atoms with Crippen molar-refractivity contribution in [1.29, 1.82) is 0 Å². The molecule has 2 aliphatic rings. The van der Waals surface area contributed by atoms with Gasteiger partial charge in [-0.3, -0.25) is 4.79 Å². The van der Waals surface area contributed by atoms with Crippen molar-refractivity contribution in [3.63, 3.8) is 0 Å². The van der Waals surface area contributed by atoms with Crippen molar-refractivity contribution >= 4 is 23.2 Å². The number of thiophene rings is 1. The van der Waals surface area contributed by atoms with Crippen molar-refractivity contribution in [3.05, 3.63) is 57.3 Å². The van der Waals surface area contributed by atoms with E-state index in [1.165, 1.54) is 11.3 Å². The van der Waals surface area contributed by atoms with Gasteiger partial charge in [0.2, 0.25) is 0 Å². The zero-order valence-electron chi connectivity index (χ0n) is 12.9. The molecule has 1 saturated heterocycles. The Labute approximate surface area is 138 Å². The van der Waals surface area contributed by atoms with Gasteiger partial charge < -0.3 is 9.64 Å². The quantitative estimate of drug-likeness (QED) is 0.755. The standard InChI is InChI=1S/C18H17NO3S/c1-12-9-15(23-10-12)16(20)19-8-4-7-18(11-19)14-6-3-2-5-13(14)17(21)22-18/h2-3,5-6,9-10H,4,7-8,11H2,1H3/t18-/m1/s1. The molecule has 4 nitrogen and oxygen atoms in total. The maximum absolute atomic E-state index is 12.7. The Bertz CT molecular complexity index is 797. The maximum Gasteiger partial charge on any atom is 0.339 e. The highest BCUT2D eigenvalue weighted by Crippen LogP contribution is 2.43. The highest BCUT2D eigenvalue weighted by molar-refractivity contribution is 7.12. The zero-order chi connectivity index (χ0) is 16.0. The third-order valence-corrected chi connectivity index (χ3v) is 5.65. The van der Waals surface area contributed by atoms with E-state index in [0.717, 1.165) is 28.8 Å².